The largest absolute Gasteiger partial charge is 0.330 e. The normalized spacial score (nSPS) is 19.7. The number of fused-ring (bicyclic) bond motifs is 1. The number of rotatable bonds is 1. The number of benzene rings is 1. The van der Waals surface area contributed by atoms with Crippen LogP contribution in [0.25, 0.3) is 6.08 Å². The summed E-state index contributed by atoms with van der Waals surface area (Å²) in [5, 5.41) is 0. The van der Waals surface area contributed by atoms with Crippen LogP contribution in [0.1, 0.15) is 22.6 Å². The van der Waals surface area contributed by atoms with Crippen molar-refractivity contribution >= 4 is 6.08 Å². The van der Waals surface area contributed by atoms with Crippen molar-refractivity contribution in [2.45, 2.75) is 12.8 Å². The minimum absolute atomic E-state index is 0.445. The van der Waals surface area contributed by atoms with Gasteiger partial charge in [-0.2, -0.15) is 0 Å². The molecule has 0 radical (unpaired) electrons. The van der Waals surface area contributed by atoms with E-state index in [9.17, 15) is 0 Å². The molecule has 12 heavy (non-hydrogen) atoms. The fourth-order valence-electron chi connectivity index (χ4n) is 1.71. The Morgan fingerprint density at radius 1 is 1.42 bits per heavy atom. The van der Waals surface area contributed by atoms with Crippen LogP contribution in [-0.2, 0) is 0 Å². The van der Waals surface area contributed by atoms with Crippen LogP contribution in [0.5, 0.6) is 0 Å². The van der Waals surface area contributed by atoms with E-state index in [1.807, 2.05) is 0 Å². The van der Waals surface area contributed by atoms with Crippen LogP contribution in [0.2, 0.25) is 0 Å². The summed E-state index contributed by atoms with van der Waals surface area (Å²) in [4.78, 5) is 0. The maximum absolute atomic E-state index is 5.64. The van der Waals surface area contributed by atoms with E-state index in [2.05, 4.69) is 37.3 Å². The zero-order chi connectivity index (χ0) is 8.55. The molecule has 0 heterocycles. The second-order valence-corrected chi connectivity index (χ2v) is 3.33. The molecule has 0 aromatic heterocycles. The molecule has 1 aliphatic carbocycles. The van der Waals surface area contributed by atoms with Crippen molar-refractivity contribution in [3.05, 3.63) is 41.0 Å². The summed E-state index contributed by atoms with van der Waals surface area (Å²) < 4.78 is 0. The monoisotopic (exact) mass is 159 g/mol. The fraction of sp³-hybridized carbons (Fsp3) is 0.273. The van der Waals surface area contributed by atoms with Crippen molar-refractivity contribution in [2.75, 3.05) is 6.54 Å². The Kier molecular flexibility index (Phi) is 1.74. The van der Waals surface area contributed by atoms with Crippen molar-refractivity contribution in [1.82, 2.24) is 0 Å². The van der Waals surface area contributed by atoms with Crippen LogP contribution in [0.4, 0.5) is 0 Å². The maximum Gasteiger partial charge on any atom is 0.0150 e. The lowest BCUT2D eigenvalue weighted by Crippen LogP contribution is -2.08. The van der Waals surface area contributed by atoms with Crippen LogP contribution in [0.3, 0.4) is 0 Å². The molecule has 1 aliphatic rings. The van der Waals surface area contributed by atoms with Gasteiger partial charge in [-0.25, -0.2) is 0 Å². The van der Waals surface area contributed by atoms with Gasteiger partial charge >= 0.3 is 0 Å². The van der Waals surface area contributed by atoms with E-state index in [-0.39, 0.29) is 0 Å². The Morgan fingerprint density at radius 2 is 2.25 bits per heavy atom. The molecule has 1 atom stereocenters. The Bertz CT molecular complexity index is 326. The van der Waals surface area contributed by atoms with Crippen LogP contribution in [0, 0.1) is 6.92 Å². The standard InChI is InChI=1S/C11H13N/c1-8-2-5-11-9(6-8)3-4-10(11)7-12/h2-6,10H,7,12H2,1H3. The molecule has 0 saturated carbocycles. The molecule has 0 aliphatic heterocycles. The lowest BCUT2D eigenvalue weighted by molar-refractivity contribution is 0.863. The number of aryl methyl sites for hydroxylation is 1. The van der Waals surface area contributed by atoms with Crippen molar-refractivity contribution in [1.29, 1.82) is 0 Å². The van der Waals surface area contributed by atoms with Gasteiger partial charge in [0.05, 0.1) is 0 Å². The number of hydrogen-bond donors (Lipinski definition) is 1. The summed E-state index contributed by atoms with van der Waals surface area (Å²) in [5.74, 6) is 0.445. The Hall–Kier alpha value is -1.08. The van der Waals surface area contributed by atoms with Crippen molar-refractivity contribution in [3.8, 4) is 0 Å². The van der Waals surface area contributed by atoms with Gasteiger partial charge in [0.2, 0.25) is 0 Å². The topological polar surface area (TPSA) is 26.0 Å². The average molecular weight is 159 g/mol. The molecule has 2 rings (SSSR count). The van der Waals surface area contributed by atoms with Crippen LogP contribution < -0.4 is 5.73 Å². The molecule has 2 N–H and O–H groups in total. The third-order valence-corrected chi connectivity index (χ3v) is 2.40. The quantitative estimate of drug-likeness (QED) is 0.667. The van der Waals surface area contributed by atoms with Crippen molar-refractivity contribution in [2.24, 2.45) is 5.73 Å². The average Bonchev–Trinajstić information content (AvgIpc) is 2.46. The van der Waals surface area contributed by atoms with Gasteiger partial charge in [-0.15, -0.1) is 0 Å². The molecule has 0 spiro atoms. The van der Waals surface area contributed by atoms with Crippen LogP contribution >= 0.6 is 0 Å². The first kappa shape index (κ1) is 7.56. The van der Waals surface area contributed by atoms with Gasteiger partial charge in [0.1, 0.15) is 0 Å². The minimum atomic E-state index is 0.445. The number of nitrogens with two attached hydrogens (primary N) is 1. The minimum Gasteiger partial charge on any atom is -0.330 e. The van der Waals surface area contributed by atoms with Crippen LogP contribution in [0.15, 0.2) is 24.3 Å². The fourth-order valence-corrected chi connectivity index (χ4v) is 1.71. The summed E-state index contributed by atoms with van der Waals surface area (Å²) in [6, 6.07) is 6.54. The molecule has 0 saturated heterocycles. The highest BCUT2D eigenvalue weighted by atomic mass is 14.5. The lowest BCUT2D eigenvalue weighted by Gasteiger charge is -2.07. The molecule has 1 nitrogen and oxygen atoms in total. The van der Waals surface area contributed by atoms with Gasteiger partial charge in [0.15, 0.2) is 0 Å². The van der Waals surface area contributed by atoms with Gasteiger partial charge in [-0.3, -0.25) is 0 Å². The summed E-state index contributed by atoms with van der Waals surface area (Å²) in [6.45, 7) is 2.83. The molecule has 1 unspecified atom stereocenters. The zero-order valence-corrected chi connectivity index (χ0v) is 7.25. The first-order chi connectivity index (χ1) is 5.81. The Labute approximate surface area is 72.9 Å². The highest BCUT2D eigenvalue weighted by molar-refractivity contribution is 5.63. The maximum atomic E-state index is 5.64. The van der Waals surface area contributed by atoms with Crippen molar-refractivity contribution in [3.63, 3.8) is 0 Å². The molecule has 0 amide bonds. The first-order valence-corrected chi connectivity index (χ1v) is 4.30. The van der Waals surface area contributed by atoms with Gasteiger partial charge in [-0.05, 0) is 18.1 Å². The first-order valence-electron chi connectivity index (χ1n) is 4.30. The zero-order valence-electron chi connectivity index (χ0n) is 7.25. The second-order valence-electron chi connectivity index (χ2n) is 3.33. The van der Waals surface area contributed by atoms with E-state index >= 15 is 0 Å². The molecule has 0 fully saturated rings. The predicted molar refractivity (Wildman–Crippen MR) is 52.0 cm³/mol. The third-order valence-electron chi connectivity index (χ3n) is 2.40. The van der Waals surface area contributed by atoms with E-state index in [4.69, 9.17) is 5.73 Å². The lowest BCUT2D eigenvalue weighted by atomic mass is 9.99. The second kappa shape index (κ2) is 2.76. The molecule has 1 aromatic carbocycles. The molecule has 1 aromatic rings. The van der Waals surface area contributed by atoms with Gasteiger partial charge in [0, 0.05) is 12.5 Å². The van der Waals surface area contributed by atoms with E-state index in [0.717, 1.165) is 0 Å². The SMILES string of the molecule is Cc1ccc2c(c1)C=CC2CN. The van der Waals surface area contributed by atoms with E-state index in [1.54, 1.807) is 0 Å². The summed E-state index contributed by atoms with van der Waals surface area (Å²) in [6.07, 6.45) is 4.35. The summed E-state index contributed by atoms with van der Waals surface area (Å²) in [5.41, 5.74) is 9.67. The van der Waals surface area contributed by atoms with Gasteiger partial charge < -0.3 is 5.73 Å². The Balaban J connectivity index is 2.47. The summed E-state index contributed by atoms with van der Waals surface area (Å²) >= 11 is 0. The molecule has 1 heteroatoms. The van der Waals surface area contributed by atoms with E-state index in [0.29, 0.717) is 12.5 Å². The predicted octanol–water partition coefficient (Wildman–Crippen LogP) is 2.06. The van der Waals surface area contributed by atoms with Crippen molar-refractivity contribution < 1.29 is 0 Å². The molecular weight excluding hydrogens is 146 g/mol. The molecular formula is C11H13N. The van der Waals surface area contributed by atoms with E-state index < -0.39 is 0 Å². The molecule has 62 valence electrons. The van der Waals surface area contributed by atoms with Gasteiger partial charge in [0.25, 0.3) is 0 Å². The van der Waals surface area contributed by atoms with Crippen LogP contribution in [-0.4, -0.2) is 6.54 Å². The highest BCUT2D eigenvalue weighted by Crippen LogP contribution is 2.29. The van der Waals surface area contributed by atoms with Gasteiger partial charge in [-0.1, -0.05) is 35.9 Å². The van der Waals surface area contributed by atoms with E-state index in [1.165, 1.54) is 16.7 Å². The molecule has 0 bridgehead atoms. The highest BCUT2D eigenvalue weighted by Gasteiger charge is 2.14. The summed E-state index contributed by atoms with van der Waals surface area (Å²) in [7, 11) is 0. The smallest absolute Gasteiger partial charge is 0.0150 e. The number of hydrogen-bond acceptors (Lipinski definition) is 1. The third kappa shape index (κ3) is 1.07. The Morgan fingerprint density at radius 3 is 3.00 bits per heavy atom.